The summed E-state index contributed by atoms with van der Waals surface area (Å²) in [5.74, 6) is 0.300. The molecule has 0 saturated carbocycles. The average molecular weight is 247 g/mol. The number of aliphatic hydroxyl groups is 1. The Kier molecular flexibility index (Phi) is 3.71. The van der Waals surface area contributed by atoms with Crippen molar-refractivity contribution in [2.24, 2.45) is 0 Å². The molecule has 0 aromatic heterocycles. The third kappa shape index (κ3) is 3.33. The van der Waals surface area contributed by atoms with Crippen molar-refractivity contribution in [1.82, 2.24) is 5.32 Å². The number of amides is 1. The van der Waals surface area contributed by atoms with E-state index < -0.39 is 5.60 Å². The van der Waals surface area contributed by atoms with Crippen molar-refractivity contribution < 1.29 is 9.90 Å². The molecule has 0 radical (unpaired) electrons. The van der Waals surface area contributed by atoms with Crippen molar-refractivity contribution in [3.8, 4) is 0 Å². The van der Waals surface area contributed by atoms with Crippen molar-refractivity contribution >= 4 is 5.91 Å². The standard InChI is InChI=1S/C15H21NO2/c1-15(2,18)10-12(11-6-4-3-5-7-11)13-8-9-14(17)16-13/h3-7,12-13,18H,8-10H2,1-2H3,(H,16,17)/t12-,13-/m0/s1. The lowest BCUT2D eigenvalue weighted by Crippen LogP contribution is -2.35. The predicted octanol–water partition coefficient (Wildman–Crippen LogP) is 2.21. The van der Waals surface area contributed by atoms with Gasteiger partial charge in [-0.2, -0.15) is 0 Å². The molecule has 1 aromatic rings. The minimum Gasteiger partial charge on any atom is -0.390 e. The van der Waals surface area contributed by atoms with Crippen LogP contribution < -0.4 is 5.32 Å². The second kappa shape index (κ2) is 5.11. The maximum atomic E-state index is 11.4. The SMILES string of the molecule is CC(C)(O)C[C@@H](c1ccccc1)[C@@H]1CCC(=O)N1. The number of hydrogen-bond donors (Lipinski definition) is 2. The second-order valence-electron chi connectivity index (χ2n) is 5.75. The molecule has 2 atom stereocenters. The molecular weight excluding hydrogens is 226 g/mol. The minimum atomic E-state index is -0.728. The van der Waals surface area contributed by atoms with Crippen LogP contribution in [-0.2, 0) is 4.79 Å². The Morgan fingerprint density at radius 1 is 1.39 bits per heavy atom. The summed E-state index contributed by atoms with van der Waals surface area (Å²) in [5.41, 5.74) is 0.459. The van der Waals surface area contributed by atoms with Crippen LogP contribution in [0.4, 0.5) is 0 Å². The van der Waals surface area contributed by atoms with Gasteiger partial charge in [0.05, 0.1) is 5.60 Å². The van der Waals surface area contributed by atoms with E-state index in [9.17, 15) is 9.90 Å². The highest BCUT2D eigenvalue weighted by Crippen LogP contribution is 2.32. The van der Waals surface area contributed by atoms with Crippen LogP contribution in [0.25, 0.3) is 0 Å². The first-order chi connectivity index (χ1) is 8.46. The number of carbonyl (C=O) groups excluding carboxylic acids is 1. The molecular formula is C15H21NO2. The molecule has 0 aliphatic carbocycles. The highest BCUT2D eigenvalue weighted by molar-refractivity contribution is 5.78. The maximum Gasteiger partial charge on any atom is 0.220 e. The van der Waals surface area contributed by atoms with Gasteiger partial charge in [0.25, 0.3) is 0 Å². The second-order valence-corrected chi connectivity index (χ2v) is 5.75. The van der Waals surface area contributed by atoms with Gasteiger partial charge < -0.3 is 10.4 Å². The van der Waals surface area contributed by atoms with Gasteiger partial charge in [0.15, 0.2) is 0 Å². The Balaban J connectivity index is 2.20. The molecule has 18 heavy (non-hydrogen) atoms. The normalized spacial score (nSPS) is 21.7. The third-order valence-electron chi connectivity index (χ3n) is 3.46. The number of benzene rings is 1. The Bertz CT molecular complexity index is 408. The molecule has 2 N–H and O–H groups in total. The first-order valence-corrected chi connectivity index (χ1v) is 6.52. The van der Waals surface area contributed by atoms with Gasteiger partial charge in [-0.1, -0.05) is 30.3 Å². The fraction of sp³-hybridized carbons (Fsp3) is 0.533. The van der Waals surface area contributed by atoms with Crippen LogP contribution >= 0.6 is 0 Å². The molecule has 0 unspecified atom stereocenters. The Labute approximate surface area is 108 Å². The summed E-state index contributed by atoms with van der Waals surface area (Å²) in [6.07, 6.45) is 2.11. The van der Waals surface area contributed by atoms with E-state index in [1.165, 1.54) is 5.56 Å². The fourth-order valence-electron chi connectivity index (χ4n) is 2.67. The molecule has 1 amide bonds. The highest BCUT2D eigenvalue weighted by atomic mass is 16.3. The van der Waals surface area contributed by atoms with Crippen LogP contribution in [0.2, 0.25) is 0 Å². The fourth-order valence-corrected chi connectivity index (χ4v) is 2.67. The molecule has 0 bridgehead atoms. The highest BCUT2D eigenvalue weighted by Gasteiger charge is 2.33. The minimum absolute atomic E-state index is 0.122. The molecule has 1 aliphatic heterocycles. The van der Waals surface area contributed by atoms with Crippen molar-refractivity contribution in [3.63, 3.8) is 0 Å². The molecule has 3 heteroatoms. The first-order valence-electron chi connectivity index (χ1n) is 6.52. The Morgan fingerprint density at radius 3 is 2.56 bits per heavy atom. The molecule has 1 fully saturated rings. The zero-order valence-electron chi connectivity index (χ0n) is 11.0. The zero-order valence-corrected chi connectivity index (χ0v) is 11.0. The van der Waals surface area contributed by atoms with Crippen molar-refractivity contribution in [3.05, 3.63) is 35.9 Å². The van der Waals surface area contributed by atoms with Crippen LogP contribution in [0, 0.1) is 0 Å². The van der Waals surface area contributed by atoms with Crippen molar-refractivity contribution in [2.75, 3.05) is 0 Å². The summed E-state index contributed by atoms with van der Waals surface area (Å²) >= 11 is 0. The largest absolute Gasteiger partial charge is 0.390 e. The smallest absolute Gasteiger partial charge is 0.220 e. The Hall–Kier alpha value is -1.35. The van der Waals surface area contributed by atoms with E-state index in [4.69, 9.17) is 0 Å². The molecule has 1 saturated heterocycles. The van der Waals surface area contributed by atoms with Gasteiger partial charge in [0.1, 0.15) is 0 Å². The van der Waals surface area contributed by atoms with Gasteiger partial charge >= 0.3 is 0 Å². The van der Waals surface area contributed by atoms with Gasteiger partial charge in [0, 0.05) is 18.4 Å². The van der Waals surface area contributed by atoms with Gasteiger partial charge in [-0.15, -0.1) is 0 Å². The van der Waals surface area contributed by atoms with E-state index >= 15 is 0 Å². The number of rotatable bonds is 4. The molecule has 0 spiro atoms. The number of hydrogen-bond acceptors (Lipinski definition) is 2. The lowest BCUT2D eigenvalue weighted by molar-refractivity contribution is -0.119. The maximum absolute atomic E-state index is 11.4. The third-order valence-corrected chi connectivity index (χ3v) is 3.46. The van der Waals surface area contributed by atoms with Crippen LogP contribution in [0.15, 0.2) is 30.3 Å². The predicted molar refractivity (Wildman–Crippen MR) is 71.3 cm³/mol. The molecule has 1 aromatic carbocycles. The number of carbonyl (C=O) groups is 1. The summed E-state index contributed by atoms with van der Waals surface area (Å²) in [7, 11) is 0. The average Bonchev–Trinajstić information content (AvgIpc) is 2.73. The molecule has 3 nitrogen and oxygen atoms in total. The van der Waals surface area contributed by atoms with E-state index in [-0.39, 0.29) is 17.9 Å². The lowest BCUT2D eigenvalue weighted by atomic mass is 9.82. The summed E-state index contributed by atoms with van der Waals surface area (Å²) < 4.78 is 0. The number of nitrogens with one attached hydrogen (secondary N) is 1. The van der Waals surface area contributed by atoms with Gasteiger partial charge in [0.2, 0.25) is 5.91 Å². The van der Waals surface area contributed by atoms with Crippen molar-refractivity contribution in [2.45, 2.75) is 50.7 Å². The molecule has 1 heterocycles. The van der Waals surface area contributed by atoms with Gasteiger partial charge in [-0.05, 0) is 32.3 Å². The molecule has 1 aliphatic rings. The summed E-state index contributed by atoms with van der Waals surface area (Å²) in [6.45, 7) is 3.64. The van der Waals surface area contributed by atoms with Crippen molar-refractivity contribution in [1.29, 1.82) is 0 Å². The summed E-state index contributed by atoms with van der Waals surface area (Å²) in [4.78, 5) is 11.4. The first kappa shape index (κ1) is 13.1. The summed E-state index contributed by atoms with van der Waals surface area (Å²) in [6, 6.07) is 10.3. The molecule has 98 valence electrons. The van der Waals surface area contributed by atoms with Crippen LogP contribution in [0.1, 0.15) is 44.6 Å². The van der Waals surface area contributed by atoms with E-state index in [1.54, 1.807) is 0 Å². The van der Waals surface area contributed by atoms with E-state index in [0.717, 1.165) is 6.42 Å². The topological polar surface area (TPSA) is 49.3 Å². The van der Waals surface area contributed by atoms with Crippen LogP contribution in [-0.4, -0.2) is 22.7 Å². The zero-order chi connectivity index (χ0) is 13.2. The lowest BCUT2D eigenvalue weighted by Gasteiger charge is -2.29. The van der Waals surface area contributed by atoms with E-state index in [1.807, 2.05) is 32.0 Å². The molecule has 2 rings (SSSR count). The van der Waals surface area contributed by atoms with Gasteiger partial charge in [-0.25, -0.2) is 0 Å². The summed E-state index contributed by atoms with van der Waals surface area (Å²) in [5, 5.41) is 13.1. The van der Waals surface area contributed by atoms with Gasteiger partial charge in [-0.3, -0.25) is 4.79 Å². The van der Waals surface area contributed by atoms with E-state index in [2.05, 4.69) is 17.4 Å². The van der Waals surface area contributed by atoms with Crippen LogP contribution in [0.5, 0.6) is 0 Å². The van der Waals surface area contributed by atoms with Crippen LogP contribution in [0.3, 0.4) is 0 Å². The monoisotopic (exact) mass is 247 g/mol. The van der Waals surface area contributed by atoms with E-state index in [0.29, 0.717) is 12.8 Å². The Morgan fingerprint density at radius 2 is 2.06 bits per heavy atom. The quantitative estimate of drug-likeness (QED) is 0.857.